The minimum atomic E-state index is -0.303. The van der Waals surface area contributed by atoms with Gasteiger partial charge in [-0.1, -0.05) is 36.4 Å². The molecule has 1 aromatic heterocycles. The van der Waals surface area contributed by atoms with E-state index in [0.29, 0.717) is 13.1 Å². The first-order valence-electron chi connectivity index (χ1n) is 7.21. The molecule has 1 heterocycles. The highest BCUT2D eigenvalue weighted by Gasteiger charge is 2.08. The average molecular weight is 297 g/mol. The van der Waals surface area contributed by atoms with Gasteiger partial charge in [0.2, 0.25) is 11.8 Å². The number of aromatic nitrogens is 1. The van der Waals surface area contributed by atoms with Crippen LogP contribution in [0.25, 0.3) is 0 Å². The van der Waals surface area contributed by atoms with Crippen molar-refractivity contribution in [3.63, 3.8) is 0 Å². The molecule has 2 aromatic rings. The summed E-state index contributed by atoms with van der Waals surface area (Å²) in [6.07, 6.45) is 2.25. The second-order valence-corrected chi connectivity index (χ2v) is 4.86. The summed E-state index contributed by atoms with van der Waals surface area (Å²) in [6, 6.07) is 15.4. The summed E-state index contributed by atoms with van der Waals surface area (Å²) in [5.74, 6) is -0.572. The predicted octanol–water partition coefficient (Wildman–Crippen LogP) is 1.45. The van der Waals surface area contributed by atoms with Crippen molar-refractivity contribution in [1.29, 1.82) is 0 Å². The highest BCUT2D eigenvalue weighted by atomic mass is 16.2. The number of hydrogen-bond donors (Lipinski definition) is 2. The van der Waals surface area contributed by atoms with Crippen molar-refractivity contribution in [3.05, 3.63) is 66.0 Å². The molecule has 5 nitrogen and oxygen atoms in total. The van der Waals surface area contributed by atoms with Crippen molar-refractivity contribution in [1.82, 2.24) is 15.6 Å². The lowest BCUT2D eigenvalue weighted by Crippen LogP contribution is -2.32. The molecule has 2 N–H and O–H groups in total. The van der Waals surface area contributed by atoms with Gasteiger partial charge in [-0.2, -0.15) is 0 Å². The predicted molar refractivity (Wildman–Crippen MR) is 83.9 cm³/mol. The quantitative estimate of drug-likeness (QED) is 0.760. The summed E-state index contributed by atoms with van der Waals surface area (Å²) in [5, 5.41) is 5.42. The Hall–Kier alpha value is -2.69. The van der Waals surface area contributed by atoms with E-state index in [4.69, 9.17) is 0 Å². The Morgan fingerprint density at radius 1 is 0.909 bits per heavy atom. The summed E-state index contributed by atoms with van der Waals surface area (Å²) < 4.78 is 0. The van der Waals surface area contributed by atoms with Gasteiger partial charge in [0.15, 0.2) is 0 Å². The van der Waals surface area contributed by atoms with Crippen molar-refractivity contribution in [3.8, 4) is 0 Å². The Morgan fingerprint density at radius 3 is 2.36 bits per heavy atom. The molecule has 0 bridgehead atoms. The van der Waals surface area contributed by atoms with E-state index in [1.165, 1.54) is 0 Å². The number of carbonyl (C=O) groups is 2. The smallest absolute Gasteiger partial charge is 0.229 e. The van der Waals surface area contributed by atoms with Gasteiger partial charge in [0.25, 0.3) is 0 Å². The number of amides is 2. The van der Waals surface area contributed by atoms with Crippen LogP contribution in [-0.2, 0) is 22.6 Å². The van der Waals surface area contributed by atoms with Crippen LogP contribution >= 0.6 is 0 Å². The molecule has 0 aliphatic rings. The van der Waals surface area contributed by atoms with Crippen LogP contribution < -0.4 is 10.6 Å². The molecular weight excluding hydrogens is 278 g/mol. The Labute approximate surface area is 129 Å². The summed E-state index contributed by atoms with van der Waals surface area (Å²) in [7, 11) is 0. The molecule has 0 atom stereocenters. The topological polar surface area (TPSA) is 71.1 Å². The van der Waals surface area contributed by atoms with Gasteiger partial charge >= 0.3 is 0 Å². The number of hydrogen-bond acceptors (Lipinski definition) is 3. The molecule has 2 amide bonds. The number of carbonyl (C=O) groups excluding carboxylic acids is 2. The van der Waals surface area contributed by atoms with E-state index in [2.05, 4.69) is 15.6 Å². The normalized spacial score (nSPS) is 10.0. The zero-order valence-corrected chi connectivity index (χ0v) is 12.3. The Bertz CT molecular complexity index is 600. The molecule has 0 aliphatic heterocycles. The molecule has 2 rings (SSSR count). The van der Waals surface area contributed by atoms with Crippen LogP contribution in [0.5, 0.6) is 0 Å². The van der Waals surface area contributed by atoms with Crippen LogP contribution in [0.1, 0.15) is 17.7 Å². The van der Waals surface area contributed by atoms with Gasteiger partial charge in [-0.05, 0) is 24.1 Å². The number of pyridine rings is 1. The lowest BCUT2D eigenvalue weighted by Gasteiger charge is -2.06. The lowest BCUT2D eigenvalue weighted by molar-refractivity contribution is -0.129. The first-order valence-corrected chi connectivity index (χ1v) is 7.21. The molecule has 1 aromatic carbocycles. The third-order valence-electron chi connectivity index (χ3n) is 3.09. The van der Waals surface area contributed by atoms with Crippen LogP contribution in [0, 0.1) is 0 Å². The average Bonchev–Trinajstić information content (AvgIpc) is 2.55. The molecule has 0 aliphatic carbocycles. The van der Waals surface area contributed by atoms with Crippen LogP contribution in [-0.4, -0.2) is 23.3 Å². The van der Waals surface area contributed by atoms with Crippen LogP contribution in [0.15, 0.2) is 54.7 Å². The monoisotopic (exact) mass is 297 g/mol. The number of rotatable bonds is 7. The third-order valence-corrected chi connectivity index (χ3v) is 3.09. The Balaban J connectivity index is 1.63. The van der Waals surface area contributed by atoms with E-state index in [9.17, 15) is 9.59 Å². The van der Waals surface area contributed by atoms with E-state index < -0.39 is 0 Å². The molecule has 0 radical (unpaired) electrons. The molecule has 0 unspecified atom stereocenters. The fraction of sp³-hybridized carbons (Fsp3) is 0.235. The summed E-state index contributed by atoms with van der Waals surface area (Å²) in [4.78, 5) is 27.4. The van der Waals surface area contributed by atoms with Crippen molar-refractivity contribution in [2.45, 2.75) is 19.4 Å². The van der Waals surface area contributed by atoms with Gasteiger partial charge in [-0.15, -0.1) is 0 Å². The van der Waals surface area contributed by atoms with E-state index >= 15 is 0 Å². The summed E-state index contributed by atoms with van der Waals surface area (Å²) in [5.41, 5.74) is 1.92. The molecule has 114 valence electrons. The van der Waals surface area contributed by atoms with Gasteiger partial charge in [0, 0.05) is 12.7 Å². The summed E-state index contributed by atoms with van der Waals surface area (Å²) in [6.45, 7) is 0.855. The first-order chi connectivity index (χ1) is 10.7. The number of benzene rings is 1. The number of nitrogens with one attached hydrogen (secondary N) is 2. The molecule has 0 spiro atoms. The maximum absolute atomic E-state index is 11.7. The minimum absolute atomic E-state index is 0.165. The van der Waals surface area contributed by atoms with Gasteiger partial charge in [0.05, 0.1) is 12.2 Å². The second-order valence-electron chi connectivity index (χ2n) is 4.86. The highest BCUT2D eigenvalue weighted by molar-refractivity contribution is 5.96. The Morgan fingerprint density at radius 2 is 1.64 bits per heavy atom. The van der Waals surface area contributed by atoms with Crippen molar-refractivity contribution in [2.24, 2.45) is 0 Å². The van der Waals surface area contributed by atoms with Crippen LogP contribution in [0.4, 0.5) is 0 Å². The lowest BCUT2D eigenvalue weighted by atomic mass is 10.1. The zero-order chi connectivity index (χ0) is 15.6. The second kappa shape index (κ2) is 8.56. The molecule has 0 saturated carbocycles. The molecular formula is C17H19N3O2. The SMILES string of the molecule is O=C(CC(=O)NCc1ccccn1)NCCc1ccccc1. The van der Waals surface area contributed by atoms with Gasteiger partial charge in [-0.3, -0.25) is 14.6 Å². The van der Waals surface area contributed by atoms with E-state index in [1.54, 1.807) is 6.20 Å². The van der Waals surface area contributed by atoms with Gasteiger partial charge in [-0.25, -0.2) is 0 Å². The van der Waals surface area contributed by atoms with Crippen molar-refractivity contribution >= 4 is 11.8 Å². The summed E-state index contributed by atoms with van der Waals surface area (Å²) >= 11 is 0. The maximum Gasteiger partial charge on any atom is 0.229 e. The van der Waals surface area contributed by atoms with Crippen LogP contribution in [0.2, 0.25) is 0 Å². The van der Waals surface area contributed by atoms with Gasteiger partial charge in [0.1, 0.15) is 6.42 Å². The van der Waals surface area contributed by atoms with Crippen molar-refractivity contribution in [2.75, 3.05) is 6.54 Å². The van der Waals surface area contributed by atoms with E-state index in [-0.39, 0.29) is 18.2 Å². The van der Waals surface area contributed by atoms with E-state index in [0.717, 1.165) is 17.7 Å². The molecule has 22 heavy (non-hydrogen) atoms. The Kier molecular flexibility index (Phi) is 6.11. The molecule has 0 saturated heterocycles. The largest absolute Gasteiger partial charge is 0.355 e. The van der Waals surface area contributed by atoms with E-state index in [1.807, 2.05) is 48.5 Å². The third kappa shape index (κ3) is 5.75. The standard InChI is InChI=1S/C17H19N3O2/c21-16(19-11-9-14-6-2-1-3-7-14)12-17(22)20-13-15-8-4-5-10-18-15/h1-8,10H,9,11-13H2,(H,19,21)(H,20,22). The van der Waals surface area contributed by atoms with Crippen molar-refractivity contribution < 1.29 is 9.59 Å². The van der Waals surface area contributed by atoms with Crippen LogP contribution in [0.3, 0.4) is 0 Å². The zero-order valence-electron chi connectivity index (χ0n) is 12.3. The fourth-order valence-corrected chi connectivity index (χ4v) is 1.95. The maximum atomic E-state index is 11.7. The van der Waals surface area contributed by atoms with Gasteiger partial charge < -0.3 is 10.6 Å². The number of nitrogens with zero attached hydrogens (tertiary/aromatic N) is 1. The fourth-order valence-electron chi connectivity index (χ4n) is 1.95. The minimum Gasteiger partial charge on any atom is -0.355 e. The molecule has 5 heteroatoms. The highest BCUT2D eigenvalue weighted by Crippen LogP contribution is 1.98. The first kappa shape index (κ1) is 15.7. The molecule has 0 fully saturated rings.